The highest BCUT2D eigenvalue weighted by atomic mass is 32.1. The number of nitrogens with zero attached hydrogens (tertiary/aromatic N) is 1. The van der Waals surface area contributed by atoms with Gasteiger partial charge in [-0.3, -0.25) is 0 Å². The van der Waals surface area contributed by atoms with Crippen LogP contribution in [-0.4, -0.2) is 25.6 Å². The van der Waals surface area contributed by atoms with Gasteiger partial charge in [0.25, 0.3) is 0 Å². The topological polar surface area (TPSA) is 57.1 Å². The molecule has 3 rings (SSSR count). The Morgan fingerprint density at radius 2 is 2.12 bits per heavy atom. The van der Waals surface area contributed by atoms with Crippen LogP contribution in [0.3, 0.4) is 0 Å². The molecule has 1 aliphatic rings. The molecule has 124 valence electrons. The Morgan fingerprint density at radius 1 is 1.29 bits per heavy atom. The molecule has 0 radical (unpaired) electrons. The largest absolute Gasteiger partial charge is 0.493 e. The van der Waals surface area contributed by atoms with Crippen molar-refractivity contribution in [2.75, 3.05) is 7.11 Å². The summed E-state index contributed by atoms with van der Waals surface area (Å²) in [6.45, 7) is -2.95. The summed E-state index contributed by atoms with van der Waals surface area (Å²) in [5, 5.41) is 1.85. The number of methoxy groups -OCH3 is 1. The first-order chi connectivity index (χ1) is 11.6. The smallest absolute Gasteiger partial charge is 0.387 e. The summed E-state index contributed by atoms with van der Waals surface area (Å²) in [4.78, 5) is 16.8. The normalized spacial score (nSPS) is 15.6. The third-order valence-electron chi connectivity index (χ3n) is 3.06. The van der Waals surface area contributed by atoms with Crippen molar-refractivity contribution < 1.29 is 27.8 Å². The summed E-state index contributed by atoms with van der Waals surface area (Å²) in [6, 6.07) is 7.93. The van der Waals surface area contributed by atoms with E-state index in [1.54, 1.807) is 6.07 Å². The van der Waals surface area contributed by atoms with Gasteiger partial charge < -0.3 is 14.2 Å². The molecule has 0 aliphatic carbocycles. The molecule has 0 amide bonds. The lowest BCUT2D eigenvalue weighted by Gasteiger charge is -2.10. The van der Waals surface area contributed by atoms with Gasteiger partial charge in [-0.25, -0.2) is 9.79 Å². The van der Waals surface area contributed by atoms with Crippen molar-refractivity contribution in [2.24, 2.45) is 4.99 Å². The molecule has 1 aromatic carbocycles. The minimum Gasteiger partial charge on any atom is -0.493 e. The van der Waals surface area contributed by atoms with Gasteiger partial charge in [-0.1, -0.05) is 12.1 Å². The van der Waals surface area contributed by atoms with E-state index in [4.69, 9.17) is 9.47 Å². The predicted octanol–water partition coefficient (Wildman–Crippen LogP) is 3.70. The molecule has 8 heteroatoms. The third kappa shape index (κ3) is 3.43. The monoisotopic (exact) mass is 351 g/mol. The van der Waals surface area contributed by atoms with Crippen molar-refractivity contribution >= 4 is 29.3 Å². The number of carbonyl (C=O) groups excluding carboxylic acids is 1. The summed E-state index contributed by atoms with van der Waals surface area (Å²) in [7, 11) is 1.33. The van der Waals surface area contributed by atoms with Crippen molar-refractivity contribution in [3.05, 3.63) is 51.8 Å². The molecule has 0 unspecified atom stereocenters. The summed E-state index contributed by atoms with van der Waals surface area (Å²) >= 11 is 1.40. The van der Waals surface area contributed by atoms with Gasteiger partial charge in [0.05, 0.1) is 12.0 Å². The van der Waals surface area contributed by atoms with Gasteiger partial charge in [-0.05, 0) is 35.2 Å². The molecule has 0 saturated carbocycles. The molecule has 0 bridgehead atoms. The first-order valence-corrected chi connectivity index (χ1v) is 7.64. The summed E-state index contributed by atoms with van der Waals surface area (Å²) in [6.07, 6.45) is 1.48. The van der Waals surface area contributed by atoms with Crippen LogP contribution in [0.4, 0.5) is 8.78 Å². The van der Waals surface area contributed by atoms with Crippen LogP contribution in [0.15, 0.2) is 46.4 Å². The Balaban J connectivity index is 1.89. The zero-order chi connectivity index (χ0) is 17.1. The summed E-state index contributed by atoms with van der Waals surface area (Å²) in [5.74, 6) is -0.305. The maximum atomic E-state index is 12.3. The highest BCUT2D eigenvalue weighted by Crippen LogP contribution is 2.31. The van der Waals surface area contributed by atoms with Gasteiger partial charge in [0.1, 0.15) is 0 Å². The van der Waals surface area contributed by atoms with Crippen LogP contribution >= 0.6 is 11.3 Å². The molecule has 2 aromatic rings. The fourth-order valence-electron chi connectivity index (χ4n) is 2.04. The zero-order valence-electron chi connectivity index (χ0n) is 12.4. The van der Waals surface area contributed by atoms with Gasteiger partial charge in [0.15, 0.2) is 17.2 Å². The quantitative estimate of drug-likeness (QED) is 0.609. The van der Waals surface area contributed by atoms with E-state index in [0.717, 1.165) is 4.88 Å². The number of rotatable bonds is 5. The number of esters is 1. The molecule has 1 aromatic heterocycles. The third-order valence-corrected chi connectivity index (χ3v) is 3.92. The highest BCUT2D eigenvalue weighted by molar-refractivity contribution is 7.12. The van der Waals surface area contributed by atoms with E-state index in [1.807, 2.05) is 11.4 Å². The second kappa shape index (κ2) is 6.79. The number of benzene rings is 1. The Morgan fingerprint density at radius 3 is 2.79 bits per heavy atom. The summed E-state index contributed by atoms with van der Waals surface area (Å²) < 4.78 is 39.1. The van der Waals surface area contributed by atoms with Crippen molar-refractivity contribution in [1.82, 2.24) is 0 Å². The molecular formula is C16H11F2NO4S. The fourth-order valence-corrected chi connectivity index (χ4v) is 2.69. The maximum absolute atomic E-state index is 12.3. The standard InChI is InChI=1S/C16H11F2NO4S/c1-21-12-8-9(4-5-11(12)22-16(17)18)7-10-15(20)23-14(19-10)13-3-2-6-24-13/h2-8,16H,1H3. The molecule has 0 N–H and O–H groups in total. The molecule has 0 atom stereocenters. The molecule has 0 spiro atoms. The number of hydrogen-bond acceptors (Lipinski definition) is 6. The first kappa shape index (κ1) is 16.1. The van der Waals surface area contributed by atoms with Crippen LogP contribution in [0.5, 0.6) is 11.5 Å². The van der Waals surface area contributed by atoms with Crippen LogP contribution in [0.2, 0.25) is 0 Å². The van der Waals surface area contributed by atoms with E-state index < -0.39 is 12.6 Å². The number of halogens is 2. The Bertz CT molecular complexity index is 815. The minimum absolute atomic E-state index is 0.0913. The SMILES string of the molecule is COc1cc(C=C2N=C(c3cccs3)OC2=O)ccc1OC(F)F. The van der Waals surface area contributed by atoms with Crippen molar-refractivity contribution in [3.63, 3.8) is 0 Å². The zero-order valence-corrected chi connectivity index (χ0v) is 13.2. The Kier molecular flexibility index (Phi) is 4.57. The van der Waals surface area contributed by atoms with Crippen molar-refractivity contribution in [1.29, 1.82) is 0 Å². The van der Waals surface area contributed by atoms with Crippen LogP contribution in [0.25, 0.3) is 6.08 Å². The van der Waals surface area contributed by atoms with E-state index in [0.29, 0.717) is 5.56 Å². The molecular weight excluding hydrogens is 340 g/mol. The van der Waals surface area contributed by atoms with Gasteiger partial charge >= 0.3 is 12.6 Å². The van der Waals surface area contributed by atoms with Gasteiger partial charge in [0.2, 0.25) is 5.90 Å². The number of thiophene rings is 1. The van der Waals surface area contributed by atoms with Crippen LogP contribution in [0.1, 0.15) is 10.4 Å². The molecule has 0 fully saturated rings. The molecule has 0 saturated heterocycles. The van der Waals surface area contributed by atoms with Crippen LogP contribution < -0.4 is 9.47 Å². The first-order valence-electron chi connectivity index (χ1n) is 6.76. The number of ether oxygens (including phenoxy) is 3. The highest BCUT2D eigenvalue weighted by Gasteiger charge is 2.24. The lowest BCUT2D eigenvalue weighted by atomic mass is 10.1. The van der Waals surface area contributed by atoms with Crippen molar-refractivity contribution in [2.45, 2.75) is 6.61 Å². The number of hydrogen-bond donors (Lipinski definition) is 0. The maximum Gasteiger partial charge on any atom is 0.387 e. The lowest BCUT2D eigenvalue weighted by Crippen LogP contribution is -2.04. The van der Waals surface area contributed by atoms with E-state index in [1.165, 1.54) is 42.7 Å². The molecule has 24 heavy (non-hydrogen) atoms. The Hall–Kier alpha value is -2.74. The second-order valence-electron chi connectivity index (χ2n) is 4.60. The van der Waals surface area contributed by atoms with E-state index in [2.05, 4.69) is 9.73 Å². The molecule has 5 nitrogen and oxygen atoms in total. The average Bonchev–Trinajstić information content (AvgIpc) is 3.19. The Labute approximate surface area is 139 Å². The lowest BCUT2D eigenvalue weighted by molar-refractivity contribution is -0.129. The van der Waals surface area contributed by atoms with E-state index in [-0.39, 0.29) is 23.1 Å². The van der Waals surface area contributed by atoms with Gasteiger partial charge in [-0.15, -0.1) is 11.3 Å². The molecule has 1 aliphatic heterocycles. The average molecular weight is 351 g/mol. The van der Waals surface area contributed by atoms with E-state index in [9.17, 15) is 13.6 Å². The van der Waals surface area contributed by atoms with Crippen molar-refractivity contribution in [3.8, 4) is 11.5 Å². The van der Waals surface area contributed by atoms with Gasteiger partial charge in [0, 0.05) is 0 Å². The number of aliphatic imine (C=N–C) groups is 1. The molecule has 2 heterocycles. The minimum atomic E-state index is -2.95. The number of alkyl halides is 2. The summed E-state index contributed by atoms with van der Waals surface area (Å²) in [5.41, 5.74) is 0.652. The second-order valence-corrected chi connectivity index (χ2v) is 5.55. The van der Waals surface area contributed by atoms with Crippen LogP contribution in [-0.2, 0) is 9.53 Å². The fraction of sp³-hybridized carbons (Fsp3) is 0.125. The van der Waals surface area contributed by atoms with E-state index >= 15 is 0 Å². The number of carbonyl (C=O) groups is 1. The van der Waals surface area contributed by atoms with Gasteiger partial charge in [-0.2, -0.15) is 8.78 Å². The number of cyclic esters (lactones) is 1. The predicted molar refractivity (Wildman–Crippen MR) is 84.6 cm³/mol. The van der Waals surface area contributed by atoms with Crippen LogP contribution in [0, 0.1) is 0 Å².